The van der Waals surface area contributed by atoms with Crippen molar-refractivity contribution in [2.24, 2.45) is 0 Å². The molecule has 5 nitrogen and oxygen atoms in total. The monoisotopic (exact) mass is 354 g/mol. The predicted octanol–water partition coefficient (Wildman–Crippen LogP) is 2.74. The average Bonchev–Trinajstić information content (AvgIpc) is 2.54. The molecule has 120 valence electrons. The molecule has 0 aliphatic rings. The lowest BCUT2D eigenvalue weighted by Gasteiger charge is -2.08. The van der Waals surface area contributed by atoms with Gasteiger partial charge >= 0.3 is 0 Å². The van der Waals surface area contributed by atoms with Crippen molar-refractivity contribution in [1.82, 2.24) is 10.9 Å². The number of hydrogen-bond acceptors (Lipinski definition) is 4. The van der Waals surface area contributed by atoms with Crippen LogP contribution in [0.4, 0.5) is 4.39 Å². The van der Waals surface area contributed by atoms with Crippen molar-refractivity contribution in [1.29, 1.82) is 0 Å². The van der Waals surface area contributed by atoms with Crippen LogP contribution in [0, 0.1) is 5.82 Å². The Labute approximate surface area is 140 Å². The van der Waals surface area contributed by atoms with E-state index in [1.165, 1.54) is 42.1 Å². The summed E-state index contributed by atoms with van der Waals surface area (Å²) in [4.78, 5) is 24.2. The Morgan fingerprint density at radius 1 is 1.13 bits per heavy atom. The summed E-state index contributed by atoms with van der Waals surface area (Å²) in [7, 11) is 0. The molecule has 8 heteroatoms. The standard InChI is InChI=1S/C15H12ClFN2O3S/c16-9-1-6-13(20)12(7-9)15(22)19-18-14(21)8-23-11-4-2-10(17)3-5-11/h1-7,20H,8H2,(H,18,21)(H,19,22). The summed E-state index contributed by atoms with van der Waals surface area (Å²) in [5, 5.41) is 9.86. The molecule has 2 rings (SSSR count). The molecule has 0 fully saturated rings. The number of hydrogen-bond donors (Lipinski definition) is 3. The van der Waals surface area contributed by atoms with Gasteiger partial charge in [0, 0.05) is 9.92 Å². The second-order valence-corrected chi connectivity index (χ2v) is 5.89. The first kappa shape index (κ1) is 17.1. The topological polar surface area (TPSA) is 78.4 Å². The Bertz CT molecular complexity index is 725. The van der Waals surface area contributed by atoms with Crippen molar-refractivity contribution >= 4 is 35.2 Å². The number of hydrazine groups is 1. The molecule has 2 amide bonds. The number of halogens is 2. The fourth-order valence-corrected chi connectivity index (χ4v) is 2.47. The summed E-state index contributed by atoms with van der Waals surface area (Å²) in [5.41, 5.74) is 4.35. The molecule has 0 radical (unpaired) electrons. The van der Waals surface area contributed by atoms with E-state index < -0.39 is 11.8 Å². The van der Waals surface area contributed by atoms with Gasteiger partial charge in [0.05, 0.1) is 11.3 Å². The fourth-order valence-electron chi connectivity index (χ4n) is 1.60. The van der Waals surface area contributed by atoms with Gasteiger partial charge in [-0.05, 0) is 42.5 Å². The zero-order chi connectivity index (χ0) is 16.8. The number of phenolic OH excluding ortho intramolecular Hbond substituents is 1. The Morgan fingerprint density at radius 2 is 1.83 bits per heavy atom. The van der Waals surface area contributed by atoms with E-state index in [0.29, 0.717) is 0 Å². The minimum Gasteiger partial charge on any atom is -0.507 e. The van der Waals surface area contributed by atoms with Crippen LogP contribution in [-0.4, -0.2) is 22.7 Å². The minimum atomic E-state index is -0.690. The third-order valence-corrected chi connectivity index (χ3v) is 3.95. The normalized spacial score (nSPS) is 10.2. The fraction of sp³-hybridized carbons (Fsp3) is 0.0667. The van der Waals surface area contributed by atoms with E-state index in [0.717, 1.165) is 4.90 Å². The van der Waals surface area contributed by atoms with Gasteiger partial charge in [-0.15, -0.1) is 11.8 Å². The summed E-state index contributed by atoms with van der Waals surface area (Å²) >= 11 is 6.93. The second-order valence-electron chi connectivity index (χ2n) is 4.41. The highest BCUT2D eigenvalue weighted by molar-refractivity contribution is 8.00. The van der Waals surface area contributed by atoms with Crippen LogP contribution in [0.2, 0.25) is 5.02 Å². The van der Waals surface area contributed by atoms with Crippen molar-refractivity contribution in [3.8, 4) is 5.75 Å². The number of rotatable bonds is 4. The number of benzene rings is 2. The zero-order valence-corrected chi connectivity index (χ0v) is 13.2. The Morgan fingerprint density at radius 3 is 2.52 bits per heavy atom. The lowest BCUT2D eigenvalue weighted by Crippen LogP contribution is -2.42. The van der Waals surface area contributed by atoms with Gasteiger partial charge in [0.25, 0.3) is 5.91 Å². The number of aromatic hydroxyl groups is 1. The zero-order valence-electron chi connectivity index (χ0n) is 11.7. The van der Waals surface area contributed by atoms with Crippen LogP contribution >= 0.6 is 23.4 Å². The molecule has 3 N–H and O–H groups in total. The molecule has 0 saturated carbocycles. The van der Waals surface area contributed by atoms with Gasteiger partial charge in [0.1, 0.15) is 11.6 Å². The Balaban J connectivity index is 1.83. The molecule has 0 aliphatic heterocycles. The molecule has 0 spiro atoms. The first-order valence-corrected chi connectivity index (χ1v) is 7.78. The predicted molar refractivity (Wildman–Crippen MR) is 85.8 cm³/mol. The number of nitrogens with one attached hydrogen (secondary N) is 2. The molecule has 0 heterocycles. The summed E-state index contributed by atoms with van der Waals surface area (Å²) in [6.45, 7) is 0. The lowest BCUT2D eigenvalue weighted by atomic mass is 10.2. The van der Waals surface area contributed by atoms with Gasteiger partial charge in [-0.1, -0.05) is 11.6 Å². The first-order chi connectivity index (χ1) is 11.0. The lowest BCUT2D eigenvalue weighted by molar-refractivity contribution is -0.119. The van der Waals surface area contributed by atoms with Gasteiger partial charge < -0.3 is 5.11 Å². The summed E-state index contributed by atoms with van der Waals surface area (Å²) < 4.78 is 12.8. The van der Waals surface area contributed by atoms with Gasteiger partial charge in [-0.25, -0.2) is 4.39 Å². The second kappa shape index (κ2) is 7.85. The van der Waals surface area contributed by atoms with Crippen LogP contribution in [0.1, 0.15) is 10.4 Å². The third kappa shape index (κ3) is 5.15. The highest BCUT2D eigenvalue weighted by atomic mass is 35.5. The van der Waals surface area contributed by atoms with Gasteiger partial charge in [0.2, 0.25) is 5.91 Å². The van der Waals surface area contributed by atoms with E-state index in [-0.39, 0.29) is 27.9 Å². The van der Waals surface area contributed by atoms with Crippen LogP contribution < -0.4 is 10.9 Å². The molecule has 0 saturated heterocycles. The van der Waals surface area contributed by atoms with Crippen LogP contribution in [0.5, 0.6) is 5.75 Å². The van der Waals surface area contributed by atoms with E-state index in [1.54, 1.807) is 12.1 Å². The van der Waals surface area contributed by atoms with Gasteiger partial charge in [0.15, 0.2) is 0 Å². The first-order valence-electron chi connectivity index (χ1n) is 6.42. The average molecular weight is 355 g/mol. The van der Waals surface area contributed by atoms with Crippen LogP contribution in [0.25, 0.3) is 0 Å². The van der Waals surface area contributed by atoms with Crippen LogP contribution in [0.3, 0.4) is 0 Å². The van der Waals surface area contributed by atoms with E-state index in [1.807, 2.05) is 0 Å². The summed E-state index contributed by atoms with van der Waals surface area (Å²) in [6.07, 6.45) is 0. The van der Waals surface area contributed by atoms with E-state index >= 15 is 0 Å². The maximum absolute atomic E-state index is 12.8. The van der Waals surface area contributed by atoms with Crippen molar-refractivity contribution in [2.75, 3.05) is 5.75 Å². The molecule has 0 atom stereocenters. The Hall–Kier alpha value is -2.25. The quantitative estimate of drug-likeness (QED) is 0.582. The van der Waals surface area contributed by atoms with Crippen molar-refractivity contribution in [3.05, 3.63) is 58.9 Å². The molecule has 2 aromatic carbocycles. The third-order valence-electron chi connectivity index (χ3n) is 2.70. The van der Waals surface area contributed by atoms with Crippen molar-refractivity contribution in [2.45, 2.75) is 4.90 Å². The minimum absolute atomic E-state index is 0.0352. The van der Waals surface area contributed by atoms with Crippen molar-refractivity contribution in [3.63, 3.8) is 0 Å². The number of carbonyl (C=O) groups excluding carboxylic acids is 2. The van der Waals surface area contributed by atoms with E-state index in [2.05, 4.69) is 10.9 Å². The van der Waals surface area contributed by atoms with Crippen LogP contribution in [0.15, 0.2) is 47.4 Å². The highest BCUT2D eigenvalue weighted by Crippen LogP contribution is 2.21. The molecular weight excluding hydrogens is 343 g/mol. The largest absolute Gasteiger partial charge is 0.507 e. The number of phenols is 1. The summed E-state index contributed by atoms with van der Waals surface area (Å²) in [5.74, 6) is -1.71. The molecule has 0 unspecified atom stereocenters. The number of amides is 2. The maximum atomic E-state index is 12.8. The molecule has 0 bridgehead atoms. The SMILES string of the molecule is O=C(CSc1ccc(F)cc1)NNC(=O)c1cc(Cl)ccc1O. The van der Waals surface area contributed by atoms with Gasteiger partial charge in [-0.2, -0.15) is 0 Å². The molecular formula is C15H12ClFN2O3S. The van der Waals surface area contributed by atoms with E-state index in [9.17, 15) is 19.1 Å². The van der Waals surface area contributed by atoms with Crippen molar-refractivity contribution < 1.29 is 19.1 Å². The van der Waals surface area contributed by atoms with Gasteiger partial charge in [-0.3, -0.25) is 20.4 Å². The molecule has 0 aromatic heterocycles. The summed E-state index contributed by atoms with van der Waals surface area (Å²) in [6, 6.07) is 9.69. The molecule has 0 aliphatic carbocycles. The maximum Gasteiger partial charge on any atom is 0.273 e. The highest BCUT2D eigenvalue weighted by Gasteiger charge is 2.12. The molecule has 23 heavy (non-hydrogen) atoms. The Kier molecular flexibility index (Phi) is 5.84. The smallest absolute Gasteiger partial charge is 0.273 e. The van der Waals surface area contributed by atoms with Crippen LogP contribution in [-0.2, 0) is 4.79 Å². The number of thioether (sulfide) groups is 1. The van der Waals surface area contributed by atoms with E-state index in [4.69, 9.17) is 11.6 Å². The number of carbonyl (C=O) groups is 2. The molecule has 2 aromatic rings.